The van der Waals surface area contributed by atoms with Gasteiger partial charge in [0, 0.05) is 22.5 Å². The normalized spacial score (nSPS) is 10.1. The summed E-state index contributed by atoms with van der Waals surface area (Å²) in [7, 11) is 0. The Morgan fingerprint density at radius 1 is 1.47 bits per heavy atom. The van der Waals surface area contributed by atoms with Gasteiger partial charge in [-0.05, 0) is 24.6 Å². The Morgan fingerprint density at radius 3 is 2.80 bits per heavy atom. The molecule has 1 aromatic rings. The zero-order chi connectivity index (χ0) is 11.3. The summed E-state index contributed by atoms with van der Waals surface area (Å²) in [6.45, 7) is 0.496. The first kappa shape index (κ1) is 12.5. The number of alkyl halides is 1. The SMILES string of the molecule is O=C(NCCCCl)c1cc(F)cc(Br)c1. The first-order valence-electron chi connectivity index (χ1n) is 4.43. The summed E-state index contributed by atoms with van der Waals surface area (Å²) in [5, 5.41) is 2.64. The van der Waals surface area contributed by atoms with Crippen LogP contribution in [0.2, 0.25) is 0 Å². The number of halogens is 3. The van der Waals surface area contributed by atoms with E-state index in [1.807, 2.05) is 0 Å². The first-order valence-corrected chi connectivity index (χ1v) is 5.76. The van der Waals surface area contributed by atoms with Crippen molar-refractivity contribution in [1.29, 1.82) is 0 Å². The predicted octanol–water partition coefficient (Wildman–Crippen LogP) is 2.95. The number of carbonyl (C=O) groups excluding carboxylic acids is 1. The molecule has 1 amide bonds. The van der Waals surface area contributed by atoms with Crippen LogP contribution in [0.5, 0.6) is 0 Å². The molecule has 0 unspecified atom stereocenters. The van der Waals surface area contributed by atoms with Gasteiger partial charge in [0.1, 0.15) is 5.82 Å². The van der Waals surface area contributed by atoms with Gasteiger partial charge in [-0.3, -0.25) is 4.79 Å². The molecule has 0 aliphatic rings. The fraction of sp³-hybridized carbons (Fsp3) is 0.300. The minimum absolute atomic E-state index is 0.291. The average Bonchev–Trinajstić information content (AvgIpc) is 2.16. The van der Waals surface area contributed by atoms with Gasteiger partial charge in [-0.2, -0.15) is 0 Å². The molecule has 0 saturated carbocycles. The van der Waals surface area contributed by atoms with Crippen LogP contribution in [-0.4, -0.2) is 18.3 Å². The van der Waals surface area contributed by atoms with Gasteiger partial charge in [-0.15, -0.1) is 11.6 Å². The van der Waals surface area contributed by atoms with Gasteiger partial charge in [-0.1, -0.05) is 15.9 Å². The molecular weight excluding hydrogens is 284 g/mol. The van der Waals surface area contributed by atoms with Gasteiger partial charge in [-0.25, -0.2) is 4.39 Å². The molecule has 0 heterocycles. The molecule has 0 saturated heterocycles. The number of hydrogen-bond donors (Lipinski definition) is 1. The Bertz CT molecular complexity index is 339. The summed E-state index contributed by atoms with van der Waals surface area (Å²) in [6, 6.07) is 4.06. The molecule has 1 N–H and O–H groups in total. The van der Waals surface area contributed by atoms with Crippen molar-refractivity contribution in [1.82, 2.24) is 5.32 Å². The number of hydrogen-bond acceptors (Lipinski definition) is 1. The molecule has 82 valence electrons. The Morgan fingerprint density at radius 2 is 2.20 bits per heavy atom. The zero-order valence-corrected chi connectivity index (χ0v) is 10.2. The van der Waals surface area contributed by atoms with Gasteiger partial charge in [0.05, 0.1) is 0 Å². The van der Waals surface area contributed by atoms with Gasteiger partial charge < -0.3 is 5.32 Å². The number of rotatable bonds is 4. The second-order valence-electron chi connectivity index (χ2n) is 2.96. The van der Waals surface area contributed by atoms with Gasteiger partial charge in [0.15, 0.2) is 0 Å². The van der Waals surface area contributed by atoms with E-state index in [1.165, 1.54) is 12.1 Å². The lowest BCUT2D eigenvalue weighted by Crippen LogP contribution is -2.24. The Kier molecular flexibility index (Phi) is 5.05. The average molecular weight is 295 g/mol. The van der Waals surface area contributed by atoms with Crippen molar-refractivity contribution in [3.05, 3.63) is 34.1 Å². The molecule has 0 atom stereocenters. The second kappa shape index (κ2) is 6.08. The lowest BCUT2D eigenvalue weighted by Gasteiger charge is -2.04. The van der Waals surface area contributed by atoms with E-state index in [4.69, 9.17) is 11.6 Å². The van der Waals surface area contributed by atoms with E-state index in [0.717, 1.165) is 0 Å². The highest BCUT2D eigenvalue weighted by Crippen LogP contribution is 2.14. The molecule has 0 radical (unpaired) electrons. The lowest BCUT2D eigenvalue weighted by molar-refractivity contribution is 0.0953. The van der Waals surface area contributed by atoms with E-state index in [2.05, 4.69) is 21.2 Å². The quantitative estimate of drug-likeness (QED) is 0.671. The smallest absolute Gasteiger partial charge is 0.251 e. The van der Waals surface area contributed by atoms with Crippen molar-refractivity contribution in [2.24, 2.45) is 0 Å². The van der Waals surface area contributed by atoms with Crippen LogP contribution in [0.15, 0.2) is 22.7 Å². The van der Waals surface area contributed by atoms with Crippen LogP contribution in [0.4, 0.5) is 4.39 Å². The molecule has 5 heteroatoms. The van der Waals surface area contributed by atoms with Crippen LogP contribution in [0.25, 0.3) is 0 Å². The van der Waals surface area contributed by atoms with Crippen molar-refractivity contribution in [2.75, 3.05) is 12.4 Å². The molecule has 0 aliphatic carbocycles. The van der Waals surface area contributed by atoms with E-state index in [9.17, 15) is 9.18 Å². The molecule has 0 bridgehead atoms. The van der Waals surface area contributed by atoms with E-state index >= 15 is 0 Å². The van der Waals surface area contributed by atoms with Crippen LogP contribution < -0.4 is 5.32 Å². The number of nitrogens with one attached hydrogen (secondary N) is 1. The van der Waals surface area contributed by atoms with E-state index in [1.54, 1.807) is 6.07 Å². The first-order chi connectivity index (χ1) is 7.13. The van der Waals surface area contributed by atoms with Crippen LogP contribution in [-0.2, 0) is 0 Å². The maximum atomic E-state index is 12.9. The minimum Gasteiger partial charge on any atom is -0.352 e. The topological polar surface area (TPSA) is 29.1 Å². The summed E-state index contributed by atoms with van der Waals surface area (Å²) in [6.07, 6.45) is 0.698. The number of amides is 1. The Labute approximate surface area is 101 Å². The molecule has 0 fully saturated rings. The van der Waals surface area contributed by atoms with Crippen LogP contribution in [0, 0.1) is 5.82 Å². The maximum Gasteiger partial charge on any atom is 0.251 e. The third-order valence-corrected chi connectivity index (χ3v) is 2.45. The van der Waals surface area contributed by atoms with Crippen molar-refractivity contribution in [3.63, 3.8) is 0 Å². The van der Waals surface area contributed by atoms with E-state index < -0.39 is 5.82 Å². The lowest BCUT2D eigenvalue weighted by atomic mass is 10.2. The predicted molar refractivity (Wildman–Crippen MR) is 61.8 cm³/mol. The van der Waals surface area contributed by atoms with E-state index in [0.29, 0.717) is 28.9 Å². The van der Waals surface area contributed by atoms with Crippen molar-refractivity contribution in [3.8, 4) is 0 Å². The molecule has 15 heavy (non-hydrogen) atoms. The summed E-state index contributed by atoms with van der Waals surface area (Å²) < 4.78 is 13.5. The molecule has 0 spiro atoms. The second-order valence-corrected chi connectivity index (χ2v) is 4.25. The molecule has 0 aromatic heterocycles. The summed E-state index contributed by atoms with van der Waals surface area (Å²) in [4.78, 5) is 11.5. The summed E-state index contributed by atoms with van der Waals surface area (Å²) in [5.74, 6) is -0.236. The highest BCUT2D eigenvalue weighted by molar-refractivity contribution is 9.10. The third kappa shape index (κ3) is 4.18. The Hall–Kier alpha value is -0.610. The molecule has 1 rings (SSSR count). The van der Waals surface area contributed by atoms with Gasteiger partial charge in [0.25, 0.3) is 5.91 Å². The number of carbonyl (C=O) groups is 1. The van der Waals surface area contributed by atoms with Crippen LogP contribution in [0.3, 0.4) is 0 Å². The van der Waals surface area contributed by atoms with Crippen molar-refractivity contribution in [2.45, 2.75) is 6.42 Å². The van der Waals surface area contributed by atoms with Gasteiger partial charge in [0.2, 0.25) is 0 Å². The Balaban J connectivity index is 2.65. The molecule has 0 aliphatic heterocycles. The third-order valence-electron chi connectivity index (χ3n) is 1.72. The monoisotopic (exact) mass is 293 g/mol. The number of benzene rings is 1. The summed E-state index contributed by atoms with van der Waals surface area (Å²) in [5.41, 5.74) is 0.302. The molecule has 2 nitrogen and oxygen atoms in total. The van der Waals surface area contributed by atoms with Gasteiger partial charge >= 0.3 is 0 Å². The minimum atomic E-state index is -0.438. The zero-order valence-electron chi connectivity index (χ0n) is 7.90. The maximum absolute atomic E-state index is 12.9. The molecular formula is C10H10BrClFNO. The fourth-order valence-corrected chi connectivity index (χ4v) is 1.65. The highest BCUT2D eigenvalue weighted by Gasteiger charge is 2.07. The van der Waals surface area contributed by atoms with Crippen LogP contribution in [0.1, 0.15) is 16.8 Å². The van der Waals surface area contributed by atoms with E-state index in [-0.39, 0.29) is 5.91 Å². The standard InChI is InChI=1S/C10H10BrClFNO/c11-8-4-7(5-9(13)6-8)10(15)14-3-1-2-12/h4-6H,1-3H2,(H,14,15). The largest absolute Gasteiger partial charge is 0.352 e. The fourth-order valence-electron chi connectivity index (χ4n) is 1.06. The molecule has 1 aromatic carbocycles. The van der Waals surface area contributed by atoms with Crippen molar-refractivity contribution >= 4 is 33.4 Å². The van der Waals surface area contributed by atoms with Crippen LogP contribution >= 0.6 is 27.5 Å². The highest BCUT2D eigenvalue weighted by atomic mass is 79.9. The van der Waals surface area contributed by atoms with Crippen molar-refractivity contribution < 1.29 is 9.18 Å². The summed E-state index contributed by atoms with van der Waals surface area (Å²) >= 11 is 8.58.